The average molecular weight is 296 g/mol. The summed E-state index contributed by atoms with van der Waals surface area (Å²) < 4.78 is 62.4. The molecule has 0 saturated carbocycles. The number of alkyl halides is 3. The summed E-state index contributed by atoms with van der Waals surface area (Å²) in [5.41, 5.74) is -1.73. The molecule has 0 spiro atoms. The van der Waals surface area contributed by atoms with Gasteiger partial charge in [-0.3, -0.25) is 4.72 Å². The fourth-order valence-electron chi connectivity index (χ4n) is 1.38. The number of nitrogens with one attached hydrogen (secondary N) is 1. The van der Waals surface area contributed by atoms with Crippen molar-refractivity contribution in [2.24, 2.45) is 0 Å². The molecule has 0 fully saturated rings. The van der Waals surface area contributed by atoms with E-state index in [4.69, 9.17) is 0 Å². The van der Waals surface area contributed by atoms with Gasteiger partial charge in [0.05, 0.1) is 11.9 Å². The molecule has 0 aliphatic carbocycles. The van der Waals surface area contributed by atoms with Crippen molar-refractivity contribution in [3.05, 3.63) is 23.5 Å². The van der Waals surface area contributed by atoms with Crippen LogP contribution in [-0.2, 0) is 21.6 Å². The molecule has 108 valence electrons. The molecule has 1 N–H and O–H groups in total. The Morgan fingerprint density at radius 1 is 1.21 bits per heavy atom. The Kier molecular flexibility index (Phi) is 3.86. The molecule has 0 atom stereocenters. The molecule has 8 heteroatoms. The first-order chi connectivity index (χ1) is 8.31. The summed E-state index contributed by atoms with van der Waals surface area (Å²) >= 11 is 0. The van der Waals surface area contributed by atoms with Crippen molar-refractivity contribution in [3.8, 4) is 0 Å². The van der Waals surface area contributed by atoms with Gasteiger partial charge in [-0.15, -0.1) is 0 Å². The van der Waals surface area contributed by atoms with Gasteiger partial charge in [-0.1, -0.05) is 20.8 Å². The summed E-state index contributed by atoms with van der Waals surface area (Å²) in [4.78, 5) is 3.35. The maximum absolute atomic E-state index is 12.8. The second kappa shape index (κ2) is 4.66. The largest absolute Gasteiger partial charge is 0.435 e. The highest BCUT2D eigenvalue weighted by atomic mass is 32.2. The van der Waals surface area contributed by atoms with E-state index >= 15 is 0 Å². The van der Waals surface area contributed by atoms with Crippen molar-refractivity contribution in [1.82, 2.24) is 4.98 Å². The number of pyridine rings is 1. The minimum Gasteiger partial charge on any atom is -0.282 e. The van der Waals surface area contributed by atoms with Crippen LogP contribution in [0.25, 0.3) is 0 Å². The predicted molar refractivity (Wildman–Crippen MR) is 66.4 cm³/mol. The molecule has 1 rings (SSSR count). The third kappa shape index (κ3) is 4.38. The summed E-state index contributed by atoms with van der Waals surface area (Å²) in [5.74, 6) is 0. The zero-order valence-corrected chi connectivity index (χ0v) is 11.8. The van der Waals surface area contributed by atoms with Gasteiger partial charge in [0, 0.05) is 6.20 Å². The van der Waals surface area contributed by atoms with Crippen molar-refractivity contribution >= 4 is 15.7 Å². The summed E-state index contributed by atoms with van der Waals surface area (Å²) in [6, 6.07) is 1.16. The van der Waals surface area contributed by atoms with Crippen LogP contribution in [0.15, 0.2) is 12.3 Å². The van der Waals surface area contributed by atoms with Gasteiger partial charge >= 0.3 is 6.18 Å². The van der Waals surface area contributed by atoms with Crippen molar-refractivity contribution in [1.29, 1.82) is 0 Å². The first kappa shape index (κ1) is 15.7. The number of hydrogen-bond donors (Lipinski definition) is 1. The number of sulfonamides is 1. The van der Waals surface area contributed by atoms with Crippen molar-refractivity contribution in [2.75, 3.05) is 11.0 Å². The monoisotopic (exact) mass is 296 g/mol. The minimum atomic E-state index is -4.72. The lowest BCUT2D eigenvalue weighted by Gasteiger charge is -2.21. The van der Waals surface area contributed by atoms with Crippen molar-refractivity contribution < 1.29 is 21.6 Å². The second-order valence-corrected chi connectivity index (χ2v) is 6.99. The van der Waals surface area contributed by atoms with E-state index < -0.39 is 33.0 Å². The molecule has 1 heterocycles. The Morgan fingerprint density at radius 3 is 2.11 bits per heavy atom. The molecule has 0 aliphatic rings. The van der Waals surface area contributed by atoms with Crippen LogP contribution in [0.4, 0.5) is 18.9 Å². The van der Waals surface area contributed by atoms with Gasteiger partial charge in [0.25, 0.3) is 0 Å². The predicted octanol–water partition coefficient (Wildman–Crippen LogP) is 2.77. The molecule has 1 aromatic rings. The molecular formula is C11H15F3N2O2S. The zero-order valence-electron chi connectivity index (χ0n) is 11.0. The van der Waals surface area contributed by atoms with Crippen LogP contribution < -0.4 is 4.72 Å². The molecule has 1 aromatic heterocycles. The third-order valence-electron chi connectivity index (χ3n) is 2.32. The maximum atomic E-state index is 12.8. The van der Waals surface area contributed by atoms with E-state index in [9.17, 15) is 21.6 Å². The van der Waals surface area contributed by atoms with Crippen LogP contribution in [0.1, 0.15) is 32.0 Å². The number of aromatic nitrogens is 1. The first-order valence-electron chi connectivity index (χ1n) is 5.36. The topological polar surface area (TPSA) is 59.1 Å². The Morgan fingerprint density at radius 2 is 1.74 bits per heavy atom. The first-order valence-corrected chi connectivity index (χ1v) is 7.25. The molecule has 4 nitrogen and oxygen atoms in total. The lowest BCUT2D eigenvalue weighted by Crippen LogP contribution is -2.20. The smallest absolute Gasteiger partial charge is 0.282 e. The van der Waals surface area contributed by atoms with E-state index in [0.29, 0.717) is 5.56 Å². The minimum absolute atomic E-state index is 0.439. The molecule has 19 heavy (non-hydrogen) atoms. The van der Waals surface area contributed by atoms with Crippen LogP contribution in [0.2, 0.25) is 0 Å². The normalized spacial score (nSPS) is 13.4. The van der Waals surface area contributed by atoms with Gasteiger partial charge < -0.3 is 0 Å². The highest BCUT2D eigenvalue weighted by molar-refractivity contribution is 7.92. The number of rotatable bonds is 2. The van der Waals surface area contributed by atoms with Gasteiger partial charge in [0.2, 0.25) is 10.0 Å². The van der Waals surface area contributed by atoms with Gasteiger partial charge in [-0.2, -0.15) is 13.2 Å². The van der Waals surface area contributed by atoms with Gasteiger partial charge in [0.15, 0.2) is 5.69 Å². The van der Waals surface area contributed by atoms with E-state index in [1.165, 1.54) is 0 Å². The molecule has 0 saturated heterocycles. The Balaban J connectivity index is 3.44. The third-order valence-corrected chi connectivity index (χ3v) is 2.91. The van der Waals surface area contributed by atoms with Crippen LogP contribution >= 0.6 is 0 Å². The Hall–Kier alpha value is -1.31. The second-order valence-electron chi connectivity index (χ2n) is 5.24. The SMILES string of the molecule is CC(C)(C)c1cnc(C(F)(F)F)c(NS(C)(=O)=O)c1. The van der Waals surface area contributed by atoms with E-state index in [0.717, 1.165) is 18.5 Å². The summed E-state index contributed by atoms with van der Waals surface area (Å²) in [6.07, 6.45) is -2.82. The van der Waals surface area contributed by atoms with Crippen LogP contribution in [0.5, 0.6) is 0 Å². The molecule has 0 radical (unpaired) electrons. The van der Waals surface area contributed by atoms with Crippen LogP contribution in [-0.4, -0.2) is 19.7 Å². The highest BCUT2D eigenvalue weighted by Gasteiger charge is 2.36. The Labute approximate surface area is 110 Å². The number of nitrogens with zero attached hydrogens (tertiary/aromatic N) is 1. The van der Waals surface area contributed by atoms with Gasteiger partial charge in [-0.25, -0.2) is 13.4 Å². The van der Waals surface area contributed by atoms with Crippen molar-refractivity contribution in [2.45, 2.75) is 32.4 Å². The quantitative estimate of drug-likeness (QED) is 0.913. The molecule has 0 aliphatic heterocycles. The number of halogens is 3. The van der Waals surface area contributed by atoms with E-state index in [2.05, 4.69) is 4.98 Å². The van der Waals surface area contributed by atoms with E-state index in [1.807, 2.05) is 4.72 Å². The lowest BCUT2D eigenvalue weighted by molar-refractivity contribution is -0.140. The summed E-state index contributed by atoms with van der Waals surface area (Å²) in [7, 11) is -3.81. The van der Waals surface area contributed by atoms with Crippen LogP contribution in [0.3, 0.4) is 0 Å². The Bertz CT molecular complexity index is 575. The van der Waals surface area contributed by atoms with Gasteiger partial charge in [-0.05, 0) is 17.0 Å². The van der Waals surface area contributed by atoms with E-state index in [1.54, 1.807) is 20.8 Å². The molecule has 0 amide bonds. The molecule has 0 unspecified atom stereocenters. The zero-order chi connectivity index (χ0) is 15.1. The summed E-state index contributed by atoms with van der Waals surface area (Å²) in [6.45, 7) is 5.38. The van der Waals surface area contributed by atoms with E-state index in [-0.39, 0.29) is 0 Å². The average Bonchev–Trinajstić information content (AvgIpc) is 2.11. The van der Waals surface area contributed by atoms with Crippen LogP contribution in [0, 0.1) is 0 Å². The fourth-order valence-corrected chi connectivity index (χ4v) is 1.93. The molecule has 0 aromatic carbocycles. The maximum Gasteiger partial charge on any atom is 0.435 e. The standard InChI is InChI=1S/C11H15F3N2O2S/c1-10(2,3)7-5-8(16-19(4,17)18)9(15-6-7)11(12,13)14/h5-6,16H,1-4H3. The molecule has 0 bridgehead atoms. The number of anilines is 1. The lowest BCUT2D eigenvalue weighted by atomic mass is 9.88. The van der Waals surface area contributed by atoms with Crippen molar-refractivity contribution in [3.63, 3.8) is 0 Å². The summed E-state index contributed by atoms with van der Waals surface area (Å²) in [5, 5.41) is 0. The highest BCUT2D eigenvalue weighted by Crippen LogP contribution is 2.35. The fraction of sp³-hybridized carbons (Fsp3) is 0.545. The number of hydrogen-bond acceptors (Lipinski definition) is 3. The molecular weight excluding hydrogens is 281 g/mol. The van der Waals surface area contributed by atoms with Gasteiger partial charge in [0.1, 0.15) is 0 Å².